The Morgan fingerprint density at radius 2 is 2.00 bits per heavy atom. The SMILES string of the molecule is CC(C)NCCC(=O)Cc1ccc(F)c(F)c1. The van der Waals surface area contributed by atoms with Crippen LogP contribution >= 0.6 is 0 Å². The van der Waals surface area contributed by atoms with E-state index in [9.17, 15) is 13.6 Å². The number of nitrogens with one attached hydrogen (secondary N) is 1. The van der Waals surface area contributed by atoms with Gasteiger partial charge in [-0.3, -0.25) is 4.79 Å². The van der Waals surface area contributed by atoms with Crippen molar-refractivity contribution in [3.63, 3.8) is 0 Å². The molecule has 0 unspecified atom stereocenters. The van der Waals surface area contributed by atoms with E-state index in [1.807, 2.05) is 13.8 Å². The van der Waals surface area contributed by atoms with Gasteiger partial charge in [0, 0.05) is 25.4 Å². The number of ketones is 1. The lowest BCUT2D eigenvalue weighted by Gasteiger charge is -2.07. The average Bonchev–Trinajstić information content (AvgIpc) is 2.23. The number of benzene rings is 1. The molecule has 2 nitrogen and oxygen atoms in total. The molecule has 0 radical (unpaired) electrons. The molecule has 0 spiro atoms. The summed E-state index contributed by atoms with van der Waals surface area (Å²) in [6.45, 7) is 4.61. The van der Waals surface area contributed by atoms with Crippen molar-refractivity contribution < 1.29 is 13.6 Å². The monoisotopic (exact) mass is 241 g/mol. The fourth-order valence-electron chi connectivity index (χ4n) is 1.47. The minimum absolute atomic E-state index is 0.0177. The summed E-state index contributed by atoms with van der Waals surface area (Å²) < 4.78 is 25.5. The normalized spacial score (nSPS) is 10.9. The second kappa shape index (κ2) is 6.45. The Balaban J connectivity index is 2.42. The summed E-state index contributed by atoms with van der Waals surface area (Å²) in [5, 5.41) is 3.13. The first-order valence-electron chi connectivity index (χ1n) is 5.68. The molecule has 0 aliphatic rings. The summed E-state index contributed by atoms with van der Waals surface area (Å²) in [6.07, 6.45) is 0.550. The maximum Gasteiger partial charge on any atom is 0.159 e. The van der Waals surface area contributed by atoms with Gasteiger partial charge in [0.05, 0.1) is 0 Å². The summed E-state index contributed by atoms with van der Waals surface area (Å²) in [7, 11) is 0. The highest BCUT2D eigenvalue weighted by Crippen LogP contribution is 2.09. The lowest BCUT2D eigenvalue weighted by Crippen LogP contribution is -2.25. The molecule has 0 heterocycles. The third-order valence-corrected chi connectivity index (χ3v) is 2.34. The second-order valence-corrected chi connectivity index (χ2v) is 4.32. The van der Waals surface area contributed by atoms with Crippen molar-refractivity contribution in [1.82, 2.24) is 5.32 Å². The van der Waals surface area contributed by atoms with Gasteiger partial charge >= 0.3 is 0 Å². The van der Waals surface area contributed by atoms with Crippen LogP contribution in [-0.4, -0.2) is 18.4 Å². The number of hydrogen-bond acceptors (Lipinski definition) is 2. The minimum Gasteiger partial charge on any atom is -0.314 e. The number of carbonyl (C=O) groups excluding carboxylic acids is 1. The van der Waals surface area contributed by atoms with E-state index in [0.29, 0.717) is 24.6 Å². The van der Waals surface area contributed by atoms with E-state index in [1.54, 1.807) is 0 Å². The maximum absolute atomic E-state index is 12.9. The van der Waals surface area contributed by atoms with Crippen LogP contribution in [0.4, 0.5) is 8.78 Å². The molecule has 0 aliphatic heterocycles. The zero-order valence-electron chi connectivity index (χ0n) is 10.1. The zero-order valence-corrected chi connectivity index (χ0v) is 10.1. The van der Waals surface area contributed by atoms with Crippen LogP contribution in [0.3, 0.4) is 0 Å². The molecule has 0 saturated heterocycles. The molecule has 0 saturated carbocycles. The average molecular weight is 241 g/mol. The van der Waals surface area contributed by atoms with Crippen molar-refractivity contribution in [2.45, 2.75) is 32.7 Å². The van der Waals surface area contributed by atoms with Crippen LogP contribution in [0.2, 0.25) is 0 Å². The predicted molar refractivity (Wildman–Crippen MR) is 62.8 cm³/mol. The molecule has 0 fully saturated rings. The molecular formula is C13H17F2NO. The van der Waals surface area contributed by atoms with Gasteiger partial charge in [-0.05, 0) is 17.7 Å². The number of halogens is 2. The highest BCUT2D eigenvalue weighted by molar-refractivity contribution is 5.81. The number of hydrogen-bond donors (Lipinski definition) is 1. The summed E-state index contributed by atoms with van der Waals surface area (Å²) in [4.78, 5) is 11.5. The molecule has 0 aliphatic carbocycles. The lowest BCUT2D eigenvalue weighted by molar-refractivity contribution is -0.118. The fraction of sp³-hybridized carbons (Fsp3) is 0.462. The maximum atomic E-state index is 12.9. The van der Waals surface area contributed by atoms with E-state index in [2.05, 4.69) is 5.32 Å². The van der Waals surface area contributed by atoms with E-state index in [1.165, 1.54) is 6.07 Å². The van der Waals surface area contributed by atoms with Gasteiger partial charge < -0.3 is 5.32 Å². The van der Waals surface area contributed by atoms with Crippen LogP contribution < -0.4 is 5.32 Å². The van der Waals surface area contributed by atoms with E-state index in [0.717, 1.165) is 12.1 Å². The van der Waals surface area contributed by atoms with Gasteiger partial charge in [-0.25, -0.2) is 8.78 Å². The largest absolute Gasteiger partial charge is 0.314 e. The first-order chi connectivity index (χ1) is 7.99. The molecule has 1 rings (SSSR count). The predicted octanol–water partition coefficient (Wildman–Crippen LogP) is 2.46. The topological polar surface area (TPSA) is 29.1 Å². The summed E-state index contributed by atoms with van der Waals surface area (Å²) >= 11 is 0. The Morgan fingerprint density at radius 1 is 1.29 bits per heavy atom. The number of Topliss-reactive ketones (excluding diaryl/α,β-unsaturated/α-hetero) is 1. The van der Waals surface area contributed by atoms with Crippen LogP contribution in [-0.2, 0) is 11.2 Å². The van der Waals surface area contributed by atoms with Crippen molar-refractivity contribution >= 4 is 5.78 Å². The first kappa shape index (κ1) is 13.8. The van der Waals surface area contributed by atoms with Crippen LogP contribution in [0, 0.1) is 11.6 Å². The fourth-order valence-corrected chi connectivity index (χ4v) is 1.47. The Bertz CT molecular complexity index is 391. The van der Waals surface area contributed by atoms with Gasteiger partial charge in [0.25, 0.3) is 0 Å². The molecule has 1 aromatic carbocycles. The van der Waals surface area contributed by atoms with Gasteiger partial charge in [0.1, 0.15) is 5.78 Å². The zero-order chi connectivity index (χ0) is 12.8. The molecule has 0 atom stereocenters. The van der Waals surface area contributed by atoms with Crippen molar-refractivity contribution in [3.8, 4) is 0 Å². The third-order valence-electron chi connectivity index (χ3n) is 2.34. The second-order valence-electron chi connectivity index (χ2n) is 4.32. The summed E-state index contributed by atoms with van der Waals surface area (Å²) in [5.74, 6) is -1.78. The van der Waals surface area contributed by atoms with Gasteiger partial charge in [-0.2, -0.15) is 0 Å². The van der Waals surface area contributed by atoms with Crippen molar-refractivity contribution in [2.24, 2.45) is 0 Å². The first-order valence-corrected chi connectivity index (χ1v) is 5.68. The standard InChI is InChI=1S/C13H17F2NO/c1-9(2)16-6-5-11(17)7-10-3-4-12(14)13(15)8-10/h3-4,8-9,16H,5-7H2,1-2H3. The van der Waals surface area contributed by atoms with Crippen LogP contribution in [0.5, 0.6) is 0 Å². The summed E-state index contributed by atoms with van der Waals surface area (Å²) in [6, 6.07) is 3.89. The minimum atomic E-state index is -0.907. The molecule has 0 bridgehead atoms. The van der Waals surface area contributed by atoms with E-state index >= 15 is 0 Å². The third kappa shape index (κ3) is 5.04. The molecule has 1 N–H and O–H groups in total. The van der Waals surface area contributed by atoms with Crippen molar-refractivity contribution in [2.75, 3.05) is 6.54 Å². The van der Waals surface area contributed by atoms with Gasteiger partial charge in [-0.1, -0.05) is 19.9 Å². The van der Waals surface area contributed by atoms with Crippen LogP contribution in [0.15, 0.2) is 18.2 Å². The molecular weight excluding hydrogens is 224 g/mol. The Morgan fingerprint density at radius 3 is 2.59 bits per heavy atom. The van der Waals surface area contributed by atoms with Crippen molar-refractivity contribution in [1.29, 1.82) is 0 Å². The molecule has 94 valence electrons. The van der Waals surface area contributed by atoms with E-state index in [-0.39, 0.29) is 12.2 Å². The lowest BCUT2D eigenvalue weighted by atomic mass is 10.1. The molecule has 0 amide bonds. The Kier molecular flexibility index (Phi) is 5.22. The van der Waals surface area contributed by atoms with Gasteiger partial charge in [0.15, 0.2) is 11.6 Å². The highest BCUT2D eigenvalue weighted by atomic mass is 19.2. The highest BCUT2D eigenvalue weighted by Gasteiger charge is 2.07. The number of carbonyl (C=O) groups is 1. The Labute approximate surface area is 100 Å². The van der Waals surface area contributed by atoms with E-state index in [4.69, 9.17) is 0 Å². The molecule has 4 heteroatoms. The molecule has 0 aromatic heterocycles. The van der Waals surface area contributed by atoms with Crippen LogP contribution in [0.25, 0.3) is 0 Å². The molecule has 17 heavy (non-hydrogen) atoms. The summed E-state index contributed by atoms with van der Waals surface area (Å²) in [5.41, 5.74) is 0.512. The smallest absolute Gasteiger partial charge is 0.159 e. The quantitative estimate of drug-likeness (QED) is 0.829. The van der Waals surface area contributed by atoms with E-state index < -0.39 is 11.6 Å². The molecule has 1 aromatic rings. The van der Waals surface area contributed by atoms with Crippen LogP contribution in [0.1, 0.15) is 25.8 Å². The van der Waals surface area contributed by atoms with Gasteiger partial charge in [-0.15, -0.1) is 0 Å². The Hall–Kier alpha value is -1.29. The number of rotatable bonds is 6. The van der Waals surface area contributed by atoms with Gasteiger partial charge in [0.2, 0.25) is 0 Å². The van der Waals surface area contributed by atoms with Crippen molar-refractivity contribution in [3.05, 3.63) is 35.4 Å².